The molecule has 0 bridgehead atoms. The maximum absolute atomic E-state index is 11.5. The third kappa shape index (κ3) is 4.26. The van der Waals surface area contributed by atoms with Gasteiger partial charge in [0.25, 0.3) is 0 Å². The molecule has 1 N–H and O–H groups in total. The molecule has 0 aliphatic heterocycles. The number of hydrogen-bond donors (Lipinski definition) is 1. The summed E-state index contributed by atoms with van der Waals surface area (Å²) >= 11 is 3.25. The summed E-state index contributed by atoms with van der Waals surface area (Å²) in [5.74, 6) is 1.30. The molecule has 1 amide bonds. The van der Waals surface area contributed by atoms with E-state index in [9.17, 15) is 4.79 Å². The number of amides is 1. The summed E-state index contributed by atoms with van der Waals surface area (Å²) in [5.41, 5.74) is 0.898. The van der Waals surface area contributed by atoms with Gasteiger partial charge in [0.05, 0.1) is 20.6 Å². The Morgan fingerprint density at radius 2 is 2.00 bits per heavy atom. The summed E-state index contributed by atoms with van der Waals surface area (Å²) in [6, 6.07) is 5.47. The summed E-state index contributed by atoms with van der Waals surface area (Å²) in [6.07, 6.45) is 0.341. The lowest BCUT2D eigenvalue weighted by molar-refractivity contribution is -0.120. The van der Waals surface area contributed by atoms with Crippen molar-refractivity contribution in [3.8, 4) is 11.5 Å². The number of rotatable bonds is 6. The fraction of sp³-hybridized carbons (Fsp3) is 0.417. The SMILES string of the molecule is COc1ccc(CC(=O)NCCBr)cc1OC. The molecular formula is C12H16BrNO3. The molecule has 0 radical (unpaired) electrons. The number of carbonyl (C=O) groups excluding carboxylic acids is 1. The zero-order valence-electron chi connectivity index (χ0n) is 9.96. The minimum absolute atomic E-state index is 0.00308. The maximum atomic E-state index is 11.5. The third-order valence-corrected chi connectivity index (χ3v) is 2.63. The van der Waals surface area contributed by atoms with E-state index >= 15 is 0 Å². The van der Waals surface area contributed by atoms with Crippen LogP contribution in [0.4, 0.5) is 0 Å². The number of benzene rings is 1. The molecule has 0 spiro atoms. The second-order valence-electron chi connectivity index (χ2n) is 3.41. The Labute approximate surface area is 109 Å². The van der Waals surface area contributed by atoms with Gasteiger partial charge < -0.3 is 14.8 Å². The zero-order valence-corrected chi connectivity index (χ0v) is 11.5. The fourth-order valence-corrected chi connectivity index (χ4v) is 1.62. The van der Waals surface area contributed by atoms with Crippen molar-refractivity contribution in [2.24, 2.45) is 0 Å². The van der Waals surface area contributed by atoms with Crippen LogP contribution in [-0.4, -0.2) is 32.0 Å². The molecule has 17 heavy (non-hydrogen) atoms. The number of halogens is 1. The van der Waals surface area contributed by atoms with E-state index in [1.807, 2.05) is 12.1 Å². The molecule has 94 valence electrons. The standard InChI is InChI=1S/C12H16BrNO3/c1-16-10-4-3-9(7-11(10)17-2)8-12(15)14-6-5-13/h3-4,7H,5-6,8H2,1-2H3,(H,14,15). The van der Waals surface area contributed by atoms with Crippen molar-refractivity contribution in [1.82, 2.24) is 5.32 Å². The van der Waals surface area contributed by atoms with E-state index in [1.54, 1.807) is 20.3 Å². The number of hydrogen-bond acceptors (Lipinski definition) is 3. The first-order valence-corrected chi connectivity index (χ1v) is 6.37. The Bertz CT molecular complexity index is 382. The van der Waals surface area contributed by atoms with Crippen molar-refractivity contribution in [1.29, 1.82) is 0 Å². The Morgan fingerprint density at radius 1 is 1.29 bits per heavy atom. The average Bonchev–Trinajstić information content (AvgIpc) is 2.36. The highest BCUT2D eigenvalue weighted by molar-refractivity contribution is 9.09. The molecule has 0 heterocycles. The molecule has 0 saturated carbocycles. The predicted octanol–water partition coefficient (Wildman–Crippen LogP) is 1.76. The molecule has 0 aromatic heterocycles. The molecule has 1 rings (SSSR count). The van der Waals surface area contributed by atoms with Gasteiger partial charge in [-0.25, -0.2) is 0 Å². The Kier molecular flexibility index (Phi) is 5.83. The molecule has 4 nitrogen and oxygen atoms in total. The quantitative estimate of drug-likeness (QED) is 0.815. The van der Waals surface area contributed by atoms with Crippen LogP contribution < -0.4 is 14.8 Å². The van der Waals surface area contributed by atoms with Gasteiger partial charge in [0.15, 0.2) is 11.5 Å². The molecule has 5 heteroatoms. The van der Waals surface area contributed by atoms with Crippen LogP contribution in [0, 0.1) is 0 Å². The number of methoxy groups -OCH3 is 2. The van der Waals surface area contributed by atoms with Crippen molar-refractivity contribution in [2.75, 3.05) is 26.1 Å². The Morgan fingerprint density at radius 3 is 2.59 bits per heavy atom. The number of carbonyl (C=O) groups is 1. The summed E-state index contributed by atoms with van der Waals surface area (Å²) in [5, 5.41) is 3.54. The van der Waals surface area contributed by atoms with E-state index in [4.69, 9.17) is 9.47 Å². The first kappa shape index (κ1) is 13.8. The van der Waals surface area contributed by atoms with Gasteiger partial charge in [-0.15, -0.1) is 0 Å². The molecule has 0 unspecified atom stereocenters. The van der Waals surface area contributed by atoms with E-state index < -0.39 is 0 Å². The fourth-order valence-electron chi connectivity index (χ4n) is 1.43. The van der Waals surface area contributed by atoms with Gasteiger partial charge in [-0.05, 0) is 17.7 Å². The van der Waals surface area contributed by atoms with Crippen LogP contribution in [0.15, 0.2) is 18.2 Å². The summed E-state index contributed by atoms with van der Waals surface area (Å²) in [4.78, 5) is 11.5. The first-order valence-electron chi connectivity index (χ1n) is 5.24. The van der Waals surface area contributed by atoms with E-state index in [-0.39, 0.29) is 5.91 Å². The van der Waals surface area contributed by atoms with Crippen LogP contribution in [0.25, 0.3) is 0 Å². The lowest BCUT2D eigenvalue weighted by atomic mass is 10.1. The van der Waals surface area contributed by atoms with Gasteiger partial charge in [0, 0.05) is 11.9 Å². The van der Waals surface area contributed by atoms with Crippen LogP contribution in [0.3, 0.4) is 0 Å². The largest absolute Gasteiger partial charge is 0.493 e. The average molecular weight is 302 g/mol. The van der Waals surface area contributed by atoms with Crippen molar-refractivity contribution >= 4 is 21.8 Å². The third-order valence-electron chi connectivity index (χ3n) is 2.23. The molecule has 0 atom stereocenters. The van der Waals surface area contributed by atoms with Crippen LogP contribution in [0.1, 0.15) is 5.56 Å². The van der Waals surface area contributed by atoms with Crippen molar-refractivity contribution in [2.45, 2.75) is 6.42 Å². The van der Waals surface area contributed by atoms with E-state index in [2.05, 4.69) is 21.2 Å². The van der Waals surface area contributed by atoms with Crippen LogP contribution in [0.5, 0.6) is 11.5 Å². The molecule has 0 aliphatic carbocycles. The van der Waals surface area contributed by atoms with E-state index in [0.29, 0.717) is 24.5 Å². The van der Waals surface area contributed by atoms with E-state index in [0.717, 1.165) is 10.9 Å². The monoisotopic (exact) mass is 301 g/mol. The second kappa shape index (κ2) is 7.17. The highest BCUT2D eigenvalue weighted by atomic mass is 79.9. The van der Waals surface area contributed by atoms with Gasteiger partial charge in [-0.1, -0.05) is 22.0 Å². The topological polar surface area (TPSA) is 47.6 Å². The Hall–Kier alpha value is -1.23. The van der Waals surface area contributed by atoms with Crippen molar-refractivity contribution in [3.63, 3.8) is 0 Å². The highest BCUT2D eigenvalue weighted by Gasteiger charge is 2.07. The second-order valence-corrected chi connectivity index (χ2v) is 4.20. The summed E-state index contributed by atoms with van der Waals surface area (Å²) in [6.45, 7) is 0.631. The smallest absolute Gasteiger partial charge is 0.224 e. The van der Waals surface area contributed by atoms with E-state index in [1.165, 1.54) is 0 Å². The van der Waals surface area contributed by atoms with Crippen LogP contribution >= 0.6 is 15.9 Å². The van der Waals surface area contributed by atoms with Gasteiger partial charge in [-0.2, -0.15) is 0 Å². The number of nitrogens with one attached hydrogen (secondary N) is 1. The Balaban J connectivity index is 2.68. The highest BCUT2D eigenvalue weighted by Crippen LogP contribution is 2.27. The van der Waals surface area contributed by atoms with Crippen LogP contribution in [-0.2, 0) is 11.2 Å². The zero-order chi connectivity index (χ0) is 12.7. The first-order chi connectivity index (χ1) is 8.21. The van der Waals surface area contributed by atoms with Crippen molar-refractivity contribution in [3.05, 3.63) is 23.8 Å². The number of alkyl halides is 1. The maximum Gasteiger partial charge on any atom is 0.224 e. The minimum Gasteiger partial charge on any atom is -0.493 e. The summed E-state index contributed by atoms with van der Waals surface area (Å²) in [7, 11) is 3.16. The molecule has 1 aromatic rings. The van der Waals surface area contributed by atoms with Crippen molar-refractivity contribution < 1.29 is 14.3 Å². The molecular weight excluding hydrogens is 286 g/mol. The molecule has 0 fully saturated rings. The minimum atomic E-state index is -0.00308. The van der Waals surface area contributed by atoms with Gasteiger partial charge >= 0.3 is 0 Å². The lowest BCUT2D eigenvalue weighted by Crippen LogP contribution is -2.26. The molecule has 0 aliphatic rings. The molecule has 1 aromatic carbocycles. The predicted molar refractivity (Wildman–Crippen MR) is 70.1 cm³/mol. The van der Waals surface area contributed by atoms with Gasteiger partial charge in [0.1, 0.15) is 0 Å². The van der Waals surface area contributed by atoms with Gasteiger partial charge in [0.2, 0.25) is 5.91 Å². The number of ether oxygens (including phenoxy) is 2. The molecule has 0 saturated heterocycles. The normalized spacial score (nSPS) is 9.82. The van der Waals surface area contributed by atoms with Gasteiger partial charge in [-0.3, -0.25) is 4.79 Å². The lowest BCUT2D eigenvalue weighted by Gasteiger charge is -2.09. The van der Waals surface area contributed by atoms with Crippen LogP contribution in [0.2, 0.25) is 0 Å². The summed E-state index contributed by atoms with van der Waals surface area (Å²) < 4.78 is 10.3.